The number of nitrogens with two attached hydrogens (primary N) is 2. The van der Waals surface area contributed by atoms with E-state index in [9.17, 15) is 33.6 Å². The van der Waals surface area contributed by atoms with Gasteiger partial charge < -0.3 is 16.4 Å². The van der Waals surface area contributed by atoms with Crippen LogP contribution in [-0.2, 0) is 40.0 Å². The topological polar surface area (TPSA) is 175 Å². The summed E-state index contributed by atoms with van der Waals surface area (Å²) in [6.45, 7) is 11.0. The molecule has 50 heavy (non-hydrogen) atoms. The van der Waals surface area contributed by atoms with Crippen molar-refractivity contribution in [3.05, 3.63) is 35.9 Å². The number of likely N-dealkylation sites (N-methyl/N-ethyl adjacent to an activating group) is 1. The van der Waals surface area contributed by atoms with Gasteiger partial charge in [-0.2, -0.15) is 0 Å². The summed E-state index contributed by atoms with van der Waals surface area (Å²) in [5, 5.41) is 0. The van der Waals surface area contributed by atoms with E-state index in [1.54, 1.807) is 6.92 Å². The number of benzene rings is 1. The maximum absolute atomic E-state index is 14.0. The van der Waals surface area contributed by atoms with Crippen LogP contribution >= 0.6 is 0 Å². The second-order valence-corrected chi connectivity index (χ2v) is 15.0. The van der Waals surface area contributed by atoms with Crippen LogP contribution < -0.4 is 11.5 Å². The highest BCUT2D eigenvalue weighted by Crippen LogP contribution is 2.29. The molecule has 280 valence electrons. The van der Waals surface area contributed by atoms with E-state index in [0.29, 0.717) is 25.8 Å². The van der Waals surface area contributed by atoms with E-state index in [0.717, 1.165) is 12.0 Å². The third-order valence-corrected chi connectivity index (χ3v) is 9.60. The van der Waals surface area contributed by atoms with Crippen molar-refractivity contribution in [1.29, 1.82) is 0 Å². The van der Waals surface area contributed by atoms with E-state index < -0.39 is 29.6 Å². The lowest BCUT2D eigenvalue weighted by atomic mass is 9.77. The van der Waals surface area contributed by atoms with Crippen molar-refractivity contribution >= 4 is 40.6 Å². The van der Waals surface area contributed by atoms with Crippen LogP contribution in [0.1, 0.15) is 105 Å². The fourth-order valence-corrected chi connectivity index (χ4v) is 6.43. The van der Waals surface area contributed by atoms with E-state index in [2.05, 4.69) is 0 Å². The molecule has 0 spiro atoms. The van der Waals surface area contributed by atoms with E-state index in [4.69, 9.17) is 11.5 Å². The first-order valence-electron chi connectivity index (χ1n) is 18.3. The highest BCUT2D eigenvalue weighted by molar-refractivity contribution is 5.96. The lowest BCUT2D eigenvalue weighted by Crippen LogP contribution is -2.40. The molecule has 0 heterocycles. The van der Waals surface area contributed by atoms with Crippen molar-refractivity contribution in [3.8, 4) is 0 Å². The number of Topliss-reactive ketones (excluding diaryl/α,β-unsaturated/α-hetero) is 6. The second kappa shape index (κ2) is 23.2. The van der Waals surface area contributed by atoms with Crippen LogP contribution in [0, 0.1) is 41.4 Å². The van der Waals surface area contributed by atoms with Gasteiger partial charge in [0, 0.05) is 68.7 Å². The monoisotopic (exact) mass is 697 g/mol. The zero-order valence-corrected chi connectivity index (χ0v) is 31.6. The van der Waals surface area contributed by atoms with Crippen LogP contribution in [-0.4, -0.2) is 72.2 Å². The summed E-state index contributed by atoms with van der Waals surface area (Å²) in [7, 11) is 1.53. The summed E-state index contributed by atoms with van der Waals surface area (Å²) in [5.41, 5.74) is 12.1. The number of carbonyl (C=O) groups excluding carboxylic acids is 7. The number of carbonyl (C=O) groups is 7. The number of hydrogen-bond donors (Lipinski definition) is 2. The standard InChI is InChI=1S/C40H63N3O7/c1-26(2)17-32(21-37(47)31(15-11-12-16-41)20-34(45)24-42)38(48)23-36(27(3)4)39(49)22-33(19-30-13-9-8-10-14-30)40(50)43(7)25-35(46)18-28(5)29(6)44/h8-10,13-14,26-28,31-33,36H,11-12,15-25,41-42H2,1-7H3. The normalized spacial score (nSPS) is 14.5. The Morgan fingerprint density at radius 3 is 1.84 bits per heavy atom. The predicted octanol–water partition coefficient (Wildman–Crippen LogP) is 4.96. The maximum atomic E-state index is 14.0. The molecule has 4 N–H and O–H groups in total. The molecule has 0 saturated carbocycles. The molecule has 0 aliphatic carbocycles. The molecule has 0 fully saturated rings. The molecule has 5 unspecified atom stereocenters. The number of hydrogen-bond acceptors (Lipinski definition) is 9. The molecule has 1 amide bonds. The average Bonchev–Trinajstić information content (AvgIpc) is 3.05. The summed E-state index contributed by atoms with van der Waals surface area (Å²) in [4.78, 5) is 93.1. The molecule has 0 aliphatic rings. The SMILES string of the molecule is CC(=O)C(C)CC(=O)CN(C)C(=O)C(CC(=O)C(CC(=O)C(CC(=O)C(CCCCN)CC(=O)CN)CC(C)C)C(C)C)Cc1ccccc1. The Balaban J connectivity index is 3.23. The van der Waals surface area contributed by atoms with Crippen LogP contribution in [0.25, 0.3) is 0 Å². The molecule has 10 nitrogen and oxygen atoms in total. The molecular formula is C40H63N3O7. The number of rotatable bonds is 27. The predicted molar refractivity (Wildman–Crippen MR) is 196 cm³/mol. The maximum Gasteiger partial charge on any atom is 0.226 e. The van der Waals surface area contributed by atoms with Crippen molar-refractivity contribution < 1.29 is 33.6 Å². The Labute approximate surface area is 299 Å². The molecule has 1 rings (SSSR count). The molecule has 0 aromatic heterocycles. The van der Waals surface area contributed by atoms with Gasteiger partial charge in [0.1, 0.15) is 28.9 Å². The van der Waals surface area contributed by atoms with Gasteiger partial charge in [-0.15, -0.1) is 0 Å². The Morgan fingerprint density at radius 1 is 0.700 bits per heavy atom. The highest BCUT2D eigenvalue weighted by atomic mass is 16.2. The Bertz CT molecular complexity index is 1280. The fraction of sp³-hybridized carbons (Fsp3) is 0.675. The molecule has 0 saturated heterocycles. The zero-order valence-electron chi connectivity index (χ0n) is 31.6. The molecule has 1 aromatic rings. The average molecular weight is 698 g/mol. The molecule has 0 radical (unpaired) electrons. The van der Waals surface area contributed by atoms with Gasteiger partial charge in [-0.3, -0.25) is 33.6 Å². The van der Waals surface area contributed by atoms with Gasteiger partial charge in [0.2, 0.25) is 5.91 Å². The Kier molecular flexibility index (Phi) is 20.7. The quantitative estimate of drug-likeness (QED) is 0.120. The summed E-state index contributed by atoms with van der Waals surface area (Å²) < 4.78 is 0. The van der Waals surface area contributed by atoms with Crippen LogP contribution in [0.2, 0.25) is 0 Å². The van der Waals surface area contributed by atoms with Crippen LogP contribution in [0.15, 0.2) is 30.3 Å². The van der Waals surface area contributed by atoms with Crippen LogP contribution in [0.5, 0.6) is 0 Å². The first-order chi connectivity index (χ1) is 23.5. The summed E-state index contributed by atoms with van der Waals surface area (Å²) in [5.74, 6) is -4.48. The summed E-state index contributed by atoms with van der Waals surface area (Å²) >= 11 is 0. The first kappa shape index (κ1) is 44.7. The van der Waals surface area contributed by atoms with Crippen LogP contribution in [0.4, 0.5) is 0 Å². The smallest absolute Gasteiger partial charge is 0.226 e. The van der Waals surface area contributed by atoms with E-state index in [1.165, 1.54) is 18.9 Å². The van der Waals surface area contributed by atoms with Crippen molar-refractivity contribution in [1.82, 2.24) is 4.90 Å². The van der Waals surface area contributed by atoms with Crippen molar-refractivity contribution in [2.24, 2.45) is 52.9 Å². The molecule has 0 bridgehead atoms. The second-order valence-electron chi connectivity index (χ2n) is 15.0. The number of amides is 1. The van der Waals surface area contributed by atoms with Gasteiger partial charge in [-0.25, -0.2) is 0 Å². The van der Waals surface area contributed by atoms with Gasteiger partial charge in [-0.05, 0) is 56.6 Å². The van der Waals surface area contributed by atoms with Crippen molar-refractivity contribution in [2.45, 2.75) is 106 Å². The van der Waals surface area contributed by atoms with Gasteiger partial charge in [0.25, 0.3) is 0 Å². The fourth-order valence-electron chi connectivity index (χ4n) is 6.43. The largest absolute Gasteiger partial charge is 0.338 e. The molecule has 1 aromatic carbocycles. The Morgan fingerprint density at radius 2 is 1.30 bits per heavy atom. The lowest BCUT2D eigenvalue weighted by Gasteiger charge is -2.27. The molecular weight excluding hydrogens is 634 g/mol. The minimum absolute atomic E-state index is 0.00263. The minimum atomic E-state index is -0.758. The van der Waals surface area contributed by atoms with E-state index in [1.807, 2.05) is 58.0 Å². The molecule has 10 heteroatoms. The van der Waals surface area contributed by atoms with Crippen molar-refractivity contribution in [2.75, 3.05) is 26.7 Å². The number of unbranched alkanes of at least 4 members (excludes halogenated alkanes) is 1. The van der Waals surface area contributed by atoms with E-state index in [-0.39, 0.29) is 104 Å². The summed E-state index contributed by atoms with van der Waals surface area (Å²) in [6, 6.07) is 9.34. The third-order valence-electron chi connectivity index (χ3n) is 9.60. The van der Waals surface area contributed by atoms with Gasteiger partial charge in [0.15, 0.2) is 5.78 Å². The van der Waals surface area contributed by atoms with Crippen molar-refractivity contribution in [3.63, 3.8) is 0 Å². The van der Waals surface area contributed by atoms with Gasteiger partial charge >= 0.3 is 0 Å². The summed E-state index contributed by atoms with van der Waals surface area (Å²) in [6.07, 6.45) is 2.60. The zero-order chi connectivity index (χ0) is 38.0. The Hall–Kier alpha value is -3.37. The number of ketones is 6. The first-order valence-corrected chi connectivity index (χ1v) is 18.3. The van der Waals surface area contributed by atoms with E-state index >= 15 is 0 Å². The highest BCUT2D eigenvalue weighted by Gasteiger charge is 2.35. The van der Waals surface area contributed by atoms with Gasteiger partial charge in [-0.1, -0.05) is 71.4 Å². The lowest BCUT2D eigenvalue weighted by molar-refractivity contribution is -0.141. The molecule has 5 atom stereocenters. The van der Waals surface area contributed by atoms with Crippen LogP contribution in [0.3, 0.4) is 0 Å². The van der Waals surface area contributed by atoms with Gasteiger partial charge in [0.05, 0.1) is 13.1 Å². The third kappa shape index (κ3) is 16.6. The number of nitrogens with zero attached hydrogens (tertiary/aromatic N) is 1. The molecule has 0 aliphatic heterocycles. The minimum Gasteiger partial charge on any atom is -0.338 e.